The maximum atomic E-state index is 13.2. The van der Waals surface area contributed by atoms with Crippen molar-refractivity contribution in [2.75, 3.05) is 18.4 Å². The first kappa shape index (κ1) is 22.2. The predicted octanol–water partition coefficient (Wildman–Crippen LogP) is 5.04. The second-order valence-corrected chi connectivity index (χ2v) is 8.94. The second kappa shape index (κ2) is 9.65. The first-order valence-corrected chi connectivity index (χ1v) is 11.3. The zero-order chi connectivity index (χ0) is 22.7. The van der Waals surface area contributed by atoms with Crippen molar-refractivity contribution in [1.29, 1.82) is 0 Å². The van der Waals surface area contributed by atoms with Gasteiger partial charge in [-0.15, -0.1) is 0 Å². The first-order valence-electron chi connectivity index (χ1n) is 11.3. The lowest BCUT2D eigenvalue weighted by atomic mass is 10.00. The number of halogens is 1. The highest BCUT2D eigenvalue weighted by atomic mass is 19.1. The largest absolute Gasteiger partial charge is 0.326 e. The molecule has 0 spiro atoms. The van der Waals surface area contributed by atoms with Crippen LogP contribution in [0.1, 0.15) is 42.3 Å². The fourth-order valence-electron chi connectivity index (χ4n) is 4.51. The normalized spacial score (nSPS) is 16.8. The Labute approximate surface area is 189 Å². The Balaban J connectivity index is 1.38. The van der Waals surface area contributed by atoms with E-state index >= 15 is 0 Å². The molecule has 0 bridgehead atoms. The van der Waals surface area contributed by atoms with Gasteiger partial charge in [-0.25, -0.2) is 9.07 Å². The lowest BCUT2D eigenvalue weighted by Crippen LogP contribution is -2.33. The Kier molecular flexibility index (Phi) is 6.70. The molecule has 1 aliphatic heterocycles. The van der Waals surface area contributed by atoms with E-state index in [9.17, 15) is 9.18 Å². The van der Waals surface area contributed by atoms with Crippen LogP contribution in [0.2, 0.25) is 0 Å². The van der Waals surface area contributed by atoms with Gasteiger partial charge in [-0.1, -0.05) is 19.1 Å². The van der Waals surface area contributed by atoms with E-state index in [-0.39, 0.29) is 18.1 Å². The van der Waals surface area contributed by atoms with E-state index in [1.54, 1.807) is 16.8 Å². The number of anilines is 1. The lowest BCUT2D eigenvalue weighted by molar-refractivity contribution is -0.115. The second-order valence-electron chi connectivity index (χ2n) is 8.94. The van der Waals surface area contributed by atoms with Crippen LogP contribution in [0.5, 0.6) is 0 Å². The maximum Gasteiger partial charge on any atom is 0.228 e. The number of likely N-dealkylation sites (tertiary alicyclic amines) is 1. The van der Waals surface area contributed by atoms with Crippen molar-refractivity contribution >= 4 is 11.6 Å². The molecular weight excluding hydrogens is 403 g/mol. The molecule has 168 valence electrons. The van der Waals surface area contributed by atoms with Gasteiger partial charge >= 0.3 is 0 Å². The smallest absolute Gasteiger partial charge is 0.228 e. The molecule has 1 aromatic heterocycles. The number of nitrogens with one attached hydrogen (secondary N) is 1. The van der Waals surface area contributed by atoms with Crippen molar-refractivity contribution in [3.05, 3.63) is 76.9 Å². The number of hydrogen-bond acceptors (Lipinski definition) is 3. The zero-order valence-electron chi connectivity index (χ0n) is 19.1. The van der Waals surface area contributed by atoms with Crippen molar-refractivity contribution in [3.63, 3.8) is 0 Å². The number of carbonyl (C=O) groups excluding carboxylic acids is 1. The Morgan fingerprint density at radius 3 is 2.53 bits per heavy atom. The van der Waals surface area contributed by atoms with Crippen LogP contribution in [-0.2, 0) is 17.8 Å². The Morgan fingerprint density at radius 2 is 1.84 bits per heavy atom. The molecule has 32 heavy (non-hydrogen) atoms. The molecule has 0 aliphatic carbocycles. The number of amides is 1. The molecule has 1 atom stereocenters. The van der Waals surface area contributed by atoms with Crippen LogP contribution >= 0.6 is 0 Å². The third-order valence-electron chi connectivity index (χ3n) is 6.23. The minimum absolute atomic E-state index is 0.0764. The van der Waals surface area contributed by atoms with E-state index in [4.69, 9.17) is 0 Å². The van der Waals surface area contributed by atoms with Crippen LogP contribution in [0.4, 0.5) is 10.1 Å². The number of hydrogen-bond donors (Lipinski definition) is 1. The summed E-state index contributed by atoms with van der Waals surface area (Å²) >= 11 is 0. The SMILES string of the molecule is Cc1nn(-c2ccc(F)cc2)c(C)c1CC(=O)Nc1ccc(CN2CCCC(C)C2)cc1. The Hall–Kier alpha value is -2.99. The fourth-order valence-corrected chi connectivity index (χ4v) is 4.51. The van der Waals surface area contributed by atoms with Gasteiger partial charge in [0.05, 0.1) is 17.8 Å². The number of nitrogens with zero attached hydrogens (tertiary/aromatic N) is 3. The first-order chi connectivity index (χ1) is 15.4. The van der Waals surface area contributed by atoms with Gasteiger partial charge in [0.25, 0.3) is 0 Å². The molecule has 3 aromatic rings. The molecule has 0 radical (unpaired) electrons. The minimum atomic E-state index is -0.286. The molecule has 6 heteroatoms. The van der Waals surface area contributed by atoms with E-state index in [1.807, 2.05) is 26.0 Å². The number of piperidine rings is 1. The van der Waals surface area contributed by atoms with Crippen LogP contribution in [-0.4, -0.2) is 33.7 Å². The van der Waals surface area contributed by atoms with E-state index in [2.05, 4.69) is 34.4 Å². The average Bonchev–Trinajstić information content (AvgIpc) is 3.04. The summed E-state index contributed by atoms with van der Waals surface area (Å²) in [5.41, 5.74) is 5.42. The molecule has 1 amide bonds. The number of aromatic nitrogens is 2. The summed E-state index contributed by atoms with van der Waals surface area (Å²) in [6.45, 7) is 9.42. The zero-order valence-corrected chi connectivity index (χ0v) is 19.1. The fraction of sp³-hybridized carbons (Fsp3) is 0.385. The summed E-state index contributed by atoms with van der Waals surface area (Å²) < 4.78 is 15.0. The molecule has 0 saturated carbocycles. The summed E-state index contributed by atoms with van der Waals surface area (Å²) in [4.78, 5) is 15.2. The predicted molar refractivity (Wildman–Crippen MR) is 125 cm³/mol. The Morgan fingerprint density at radius 1 is 1.12 bits per heavy atom. The third-order valence-corrected chi connectivity index (χ3v) is 6.23. The number of aryl methyl sites for hydroxylation is 1. The number of benzene rings is 2. The van der Waals surface area contributed by atoms with E-state index in [1.165, 1.54) is 30.5 Å². The molecule has 1 unspecified atom stereocenters. The monoisotopic (exact) mass is 434 g/mol. The summed E-state index contributed by atoms with van der Waals surface area (Å²) in [6.07, 6.45) is 2.83. The van der Waals surface area contributed by atoms with Crippen LogP contribution in [0, 0.1) is 25.6 Å². The molecule has 4 rings (SSSR count). The molecule has 1 saturated heterocycles. The molecule has 1 fully saturated rings. The quantitative estimate of drug-likeness (QED) is 0.591. The summed E-state index contributed by atoms with van der Waals surface area (Å²) in [5, 5.41) is 7.55. The molecule has 5 nitrogen and oxygen atoms in total. The van der Waals surface area contributed by atoms with E-state index in [0.29, 0.717) is 0 Å². The highest BCUT2D eigenvalue weighted by Crippen LogP contribution is 2.21. The summed E-state index contributed by atoms with van der Waals surface area (Å²) in [7, 11) is 0. The lowest BCUT2D eigenvalue weighted by Gasteiger charge is -2.30. The van der Waals surface area contributed by atoms with Crippen molar-refractivity contribution < 1.29 is 9.18 Å². The molecule has 1 aliphatic rings. The van der Waals surface area contributed by atoms with Crippen LogP contribution < -0.4 is 5.32 Å². The van der Waals surface area contributed by atoms with Crippen LogP contribution in [0.15, 0.2) is 48.5 Å². The van der Waals surface area contributed by atoms with E-state index in [0.717, 1.165) is 53.9 Å². The summed E-state index contributed by atoms with van der Waals surface area (Å²) in [5.74, 6) is 0.403. The van der Waals surface area contributed by atoms with Gasteiger partial charge in [0.15, 0.2) is 0 Å². The maximum absolute atomic E-state index is 13.2. The van der Waals surface area contributed by atoms with Crippen molar-refractivity contribution in [1.82, 2.24) is 14.7 Å². The van der Waals surface area contributed by atoms with Crippen molar-refractivity contribution in [2.24, 2.45) is 5.92 Å². The van der Waals surface area contributed by atoms with Gasteiger partial charge in [-0.3, -0.25) is 9.69 Å². The van der Waals surface area contributed by atoms with Crippen molar-refractivity contribution in [2.45, 2.75) is 46.6 Å². The molecule has 2 heterocycles. The average molecular weight is 435 g/mol. The van der Waals surface area contributed by atoms with Gasteiger partial charge in [-0.05, 0) is 81.1 Å². The molecular formula is C26H31FN4O. The molecule has 2 aromatic carbocycles. The number of rotatable bonds is 6. The highest BCUT2D eigenvalue weighted by Gasteiger charge is 2.17. The number of carbonyl (C=O) groups is 1. The van der Waals surface area contributed by atoms with Crippen LogP contribution in [0.3, 0.4) is 0 Å². The molecule has 1 N–H and O–H groups in total. The van der Waals surface area contributed by atoms with E-state index < -0.39 is 0 Å². The van der Waals surface area contributed by atoms with Crippen molar-refractivity contribution in [3.8, 4) is 5.69 Å². The standard InChI is InChI=1S/C26H31FN4O/c1-18-5-4-14-30(16-18)17-21-6-10-23(11-7-21)28-26(32)15-25-19(2)29-31(20(25)3)24-12-8-22(27)9-13-24/h6-13,18H,4-5,14-17H2,1-3H3,(H,28,32). The minimum Gasteiger partial charge on any atom is -0.326 e. The summed E-state index contributed by atoms with van der Waals surface area (Å²) in [6, 6.07) is 14.3. The van der Waals surface area contributed by atoms with Gasteiger partial charge in [-0.2, -0.15) is 5.10 Å². The van der Waals surface area contributed by atoms with Gasteiger partial charge in [0.1, 0.15) is 5.82 Å². The van der Waals surface area contributed by atoms with Crippen LogP contribution in [0.25, 0.3) is 5.69 Å². The van der Waals surface area contributed by atoms with Gasteiger partial charge in [0.2, 0.25) is 5.91 Å². The topological polar surface area (TPSA) is 50.2 Å². The van der Waals surface area contributed by atoms with Gasteiger partial charge < -0.3 is 5.32 Å². The highest BCUT2D eigenvalue weighted by molar-refractivity contribution is 5.92. The van der Waals surface area contributed by atoms with Gasteiger partial charge in [0, 0.05) is 30.0 Å². The third kappa shape index (κ3) is 5.25. The Bertz CT molecular complexity index is 1070.